The van der Waals surface area contributed by atoms with Crippen molar-refractivity contribution in [2.24, 2.45) is 5.73 Å². The molecule has 0 amide bonds. The summed E-state index contributed by atoms with van der Waals surface area (Å²) < 4.78 is 0. The minimum atomic E-state index is -0.326. The molecule has 0 saturated carbocycles. The molecule has 1 aromatic heterocycles. The van der Waals surface area contributed by atoms with Gasteiger partial charge in [0.1, 0.15) is 0 Å². The van der Waals surface area contributed by atoms with Gasteiger partial charge in [-0.15, -0.1) is 0 Å². The van der Waals surface area contributed by atoms with Gasteiger partial charge in [0, 0.05) is 17.8 Å². The predicted molar refractivity (Wildman–Crippen MR) is 74.5 cm³/mol. The number of nitrogens with two attached hydrogens (primary N) is 1. The Kier molecular flexibility index (Phi) is 3.37. The summed E-state index contributed by atoms with van der Waals surface area (Å²) in [4.78, 5) is 4.30. The quantitative estimate of drug-likeness (QED) is 0.853. The minimum absolute atomic E-state index is 0.0438. The van der Waals surface area contributed by atoms with Crippen molar-refractivity contribution < 1.29 is 5.11 Å². The summed E-state index contributed by atoms with van der Waals surface area (Å²) in [6.07, 6.45) is 3.77. The topological polar surface area (TPSA) is 59.1 Å². The Morgan fingerprint density at radius 3 is 2.61 bits per heavy atom. The van der Waals surface area contributed by atoms with E-state index in [2.05, 4.69) is 31.8 Å². The molecule has 3 N–H and O–H groups in total. The molecule has 0 bridgehead atoms. The van der Waals surface area contributed by atoms with Crippen molar-refractivity contribution >= 4 is 10.8 Å². The SMILES string of the molecule is CC(C)(C)c1cncc2cc(C(N)CO)ccc12. The monoisotopic (exact) mass is 244 g/mol. The Morgan fingerprint density at radius 1 is 1.28 bits per heavy atom. The van der Waals surface area contributed by atoms with Gasteiger partial charge in [-0.05, 0) is 28.0 Å². The molecule has 0 spiro atoms. The highest BCUT2D eigenvalue weighted by molar-refractivity contribution is 5.86. The molecule has 0 aliphatic rings. The zero-order valence-electron chi connectivity index (χ0n) is 11.1. The van der Waals surface area contributed by atoms with Crippen LogP contribution in [-0.4, -0.2) is 16.7 Å². The predicted octanol–water partition coefficient (Wildman–Crippen LogP) is 2.52. The zero-order chi connectivity index (χ0) is 13.3. The van der Waals surface area contributed by atoms with Crippen LogP contribution in [0, 0.1) is 0 Å². The molecule has 0 aliphatic heterocycles. The maximum Gasteiger partial charge on any atom is 0.0624 e. The average Bonchev–Trinajstić information content (AvgIpc) is 2.35. The lowest BCUT2D eigenvalue weighted by molar-refractivity contribution is 0.268. The molecular formula is C15H20N2O. The maximum absolute atomic E-state index is 9.10. The van der Waals surface area contributed by atoms with Gasteiger partial charge in [0.25, 0.3) is 0 Å². The molecule has 96 valence electrons. The van der Waals surface area contributed by atoms with Gasteiger partial charge in [0.2, 0.25) is 0 Å². The molecule has 1 atom stereocenters. The molecule has 3 nitrogen and oxygen atoms in total. The number of hydrogen-bond acceptors (Lipinski definition) is 3. The lowest BCUT2D eigenvalue weighted by Gasteiger charge is -2.21. The fraction of sp³-hybridized carbons (Fsp3) is 0.400. The lowest BCUT2D eigenvalue weighted by Crippen LogP contribution is -2.15. The summed E-state index contributed by atoms with van der Waals surface area (Å²) in [7, 11) is 0. The van der Waals surface area contributed by atoms with Crippen LogP contribution in [0.3, 0.4) is 0 Å². The van der Waals surface area contributed by atoms with Gasteiger partial charge in [0.15, 0.2) is 0 Å². The second-order valence-corrected chi connectivity index (χ2v) is 5.71. The van der Waals surface area contributed by atoms with Gasteiger partial charge < -0.3 is 10.8 Å². The molecule has 1 unspecified atom stereocenters. The van der Waals surface area contributed by atoms with Crippen LogP contribution in [0.5, 0.6) is 0 Å². The van der Waals surface area contributed by atoms with Crippen LogP contribution in [0.2, 0.25) is 0 Å². The summed E-state index contributed by atoms with van der Waals surface area (Å²) in [6, 6.07) is 5.74. The minimum Gasteiger partial charge on any atom is -0.394 e. The standard InChI is InChI=1S/C15H20N2O/c1-15(2,3)13-8-17-7-11-6-10(14(16)9-18)4-5-12(11)13/h4-8,14,18H,9,16H2,1-3H3. The number of rotatable bonds is 2. The normalized spacial score (nSPS) is 13.8. The van der Waals surface area contributed by atoms with Crippen LogP contribution in [0.15, 0.2) is 30.6 Å². The molecule has 0 fully saturated rings. The molecule has 1 aromatic carbocycles. The van der Waals surface area contributed by atoms with Crippen molar-refractivity contribution in [3.63, 3.8) is 0 Å². The van der Waals surface area contributed by atoms with E-state index < -0.39 is 0 Å². The Balaban J connectivity index is 2.61. The highest BCUT2D eigenvalue weighted by Gasteiger charge is 2.17. The number of aliphatic hydroxyl groups is 1. The van der Waals surface area contributed by atoms with E-state index in [1.807, 2.05) is 24.5 Å². The van der Waals surface area contributed by atoms with Gasteiger partial charge in [-0.2, -0.15) is 0 Å². The Bertz CT molecular complexity index is 558. The molecular weight excluding hydrogens is 224 g/mol. The van der Waals surface area contributed by atoms with Crippen molar-refractivity contribution in [1.29, 1.82) is 0 Å². The van der Waals surface area contributed by atoms with E-state index in [-0.39, 0.29) is 18.1 Å². The first-order valence-electron chi connectivity index (χ1n) is 6.18. The fourth-order valence-corrected chi connectivity index (χ4v) is 2.13. The highest BCUT2D eigenvalue weighted by atomic mass is 16.3. The van der Waals surface area contributed by atoms with Crippen molar-refractivity contribution in [2.45, 2.75) is 32.2 Å². The van der Waals surface area contributed by atoms with E-state index >= 15 is 0 Å². The van der Waals surface area contributed by atoms with E-state index in [1.54, 1.807) is 0 Å². The summed E-state index contributed by atoms with van der Waals surface area (Å²) in [6.45, 7) is 6.49. The molecule has 0 aliphatic carbocycles. The number of fused-ring (bicyclic) bond motifs is 1. The van der Waals surface area contributed by atoms with Gasteiger partial charge >= 0.3 is 0 Å². The number of nitrogens with zero attached hydrogens (tertiary/aromatic N) is 1. The fourth-order valence-electron chi connectivity index (χ4n) is 2.13. The van der Waals surface area contributed by atoms with Crippen molar-refractivity contribution in [3.8, 4) is 0 Å². The van der Waals surface area contributed by atoms with Crippen LogP contribution >= 0.6 is 0 Å². The molecule has 3 heteroatoms. The van der Waals surface area contributed by atoms with Gasteiger partial charge in [-0.25, -0.2) is 0 Å². The van der Waals surface area contributed by atoms with Crippen LogP contribution < -0.4 is 5.73 Å². The number of benzene rings is 1. The summed E-state index contributed by atoms with van der Waals surface area (Å²) in [5.74, 6) is 0. The van der Waals surface area contributed by atoms with Crippen LogP contribution in [-0.2, 0) is 5.41 Å². The Labute approximate surface area is 108 Å². The first-order chi connectivity index (χ1) is 8.43. The van der Waals surface area contributed by atoms with E-state index in [9.17, 15) is 0 Å². The highest BCUT2D eigenvalue weighted by Crippen LogP contribution is 2.30. The smallest absolute Gasteiger partial charge is 0.0624 e. The Morgan fingerprint density at radius 2 is 2.00 bits per heavy atom. The summed E-state index contributed by atoms with van der Waals surface area (Å²) in [5, 5.41) is 11.4. The van der Waals surface area contributed by atoms with E-state index in [1.165, 1.54) is 10.9 Å². The molecule has 2 aromatic rings. The third kappa shape index (κ3) is 2.37. The number of pyridine rings is 1. The second kappa shape index (κ2) is 4.67. The van der Waals surface area contributed by atoms with Crippen LogP contribution in [0.25, 0.3) is 10.8 Å². The number of hydrogen-bond donors (Lipinski definition) is 2. The summed E-state index contributed by atoms with van der Waals surface area (Å²) in [5.41, 5.74) is 8.07. The molecule has 2 rings (SSSR count). The number of aromatic nitrogens is 1. The third-order valence-electron chi connectivity index (χ3n) is 3.22. The average molecular weight is 244 g/mol. The van der Waals surface area contributed by atoms with E-state index in [0.29, 0.717) is 0 Å². The van der Waals surface area contributed by atoms with Crippen molar-refractivity contribution in [3.05, 3.63) is 41.7 Å². The zero-order valence-corrected chi connectivity index (χ0v) is 11.1. The summed E-state index contributed by atoms with van der Waals surface area (Å²) >= 11 is 0. The van der Waals surface area contributed by atoms with E-state index in [4.69, 9.17) is 10.8 Å². The third-order valence-corrected chi connectivity index (χ3v) is 3.22. The molecule has 18 heavy (non-hydrogen) atoms. The Hall–Kier alpha value is -1.45. The molecule has 1 heterocycles. The number of aliphatic hydroxyl groups excluding tert-OH is 1. The first-order valence-corrected chi connectivity index (χ1v) is 6.18. The molecule has 0 radical (unpaired) electrons. The molecule has 0 saturated heterocycles. The van der Waals surface area contributed by atoms with Crippen molar-refractivity contribution in [2.75, 3.05) is 6.61 Å². The van der Waals surface area contributed by atoms with Crippen molar-refractivity contribution in [1.82, 2.24) is 4.98 Å². The van der Waals surface area contributed by atoms with Gasteiger partial charge in [-0.1, -0.05) is 32.9 Å². The van der Waals surface area contributed by atoms with Gasteiger partial charge in [-0.3, -0.25) is 4.98 Å². The largest absolute Gasteiger partial charge is 0.394 e. The van der Waals surface area contributed by atoms with Crippen LogP contribution in [0.4, 0.5) is 0 Å². The van der Waals surface area contributed by atoms with Crippen LogP contribution in [0.1, 0.15) is 37.9 Å². The first kappa shape index (κ1) is 13.0. The van der Waals surface area contributed by atoms with Gasteiger partial charge in [0.05, 0.1) is 12.6 Å². The second-order valence-electron chi connectivity index (χ2n) is 5.71. The maximum atomic E-state index is 9.10. The van der Waals surface area contributed by atoms with E-state index in [0.717, 1.165) is 10.9 Å². The lowest BCUT2D eigenvalue weighted by atomic mass is 9.85.